The van der Waals surface area contributed by atoms with Crippen LogP contribution in [-0.4, -0.2) is 28.2 Å². The van der Waals surface area contributed by atoms with E-state index in [-0.39, 0.29) is 0 Å². The second-order valence-electron chi connectivity index (χ2n) is 4.78. The van der Waals surface area contributed by atoms with Crippen LogP contribution in [0.25, 0.3) is 11.4 Å². The van der Waals surface area contributed by atoms with E-state index in [1.165, 1.54) is 6.42 Å². The summed E-state index contributed by atoms with van der Waals surface area (Å²) in [4.78, 5) is 8.64. The number of nitrogens with zero attached hydrogens (tertiary/aromatic N) is 3. The number of hydrogen-bond donors (Lipinski definition) is 1. The van der Waals surface area contributed by atoms with E-state index in [4.69, 9.17) is 4.52 Å². The topological polar surface area (TPSA) is 63.8 Å². The molecule has 2 unspecified atom stereocenters. The van der Waals surface area contributed by atoms with Crippen molar-refractivity contribution in [3.63, 3.8) is 0 Å². The predicted octanol–water partition coefficient (Wildman–Crippen LogP) is 2.75. The molecule has 2 aromatic rings. The number of aromatic nitrogens is 3. The zero-order chi connectivity index (χ0) is 13.2. The van der Waals surface area contributed by atoms with Crippen LogP contribution in [0.3, 0.4) is 0 Å². The molecule has 0 radical (unpaired) electrons. The van der Waals surface area contributed by atoms with Gasteiger partial charge in [-0.05, 0) is 41.9 Å². The molecule has 1 aliphatic rings. The summed E-state index contributed by atoms with van der Waals surface area (Å²) in [6, 6.07) is 2.38. The highest BCUT2D eigenvalue weighted by atomic mass is 79.9. The highest BCUT2D eigenvalue weighted by Gasteiger charge is 2.31. The van der Waals surface area contributed by atoms with Crippen LogP contribution in [0, 0.1) is 0 Å². The van der Waals surface area contributed by atoms with Gasteiger partial charge in [0.2, 0.25) is 11.7 Å². The Morgan fingerprint density at radius 2 is 2.26 bits per heavy atom. The van der Waals surface area contributed by atoms with Crippen LogP contribution in [0.5, 0.6) is 0 Å². The van der Waals surface area contributed by atoms with Crippen molar-refractivity contribution in [1.29, 1.82) is 0 Å². The molecule has 2 aromatic heterocycles. The van der Waals surface area contributed by atoms with E-state index < -0.39 is 0 Å². The summed E-state index contributed by atoms with van der Waals surface area (Å²) < 4.78 is 6.34. The molecule has 0 saturated heterocycles. The van der Waals surface area contributed by atoms with Gasteiger partial charge in [0.25, 0.3) is 0 Å². The molecule has 6 heteroatoms. The lowest BCUT2D eigenvalue weighted by atomic mass is 10.0. The van der Waals surface area contributed by atoms with Crippen molar-refractivity contribution in [3.8, 4) is 11.4 Å². The zero-order valence-electron chi connectivity index (χ0n) is 10.6. The van der Waals surface area contributed by atoms with Crippen LogP contribution in [0.4, 0.5) is 0 Å². The Kier molecular flexibility index (Phi) is 3.61. The minimum Gasteiger partial charge on any atom is -0.339 e. The van der Waals surface area contributed by atoms with Crippen molar-refractivity contribution in [2.24, 2.45) is 0 Å². The molecule has 5 nitrogen and oxygen atoms in total. The molecule has 0 aliphatic heterocycles. The maximum Gasteiger partial charge on any atom is 0.231 e. The van der Waals surface area contributed by atoms with Gasteiger partial charge in [-0.15, -0.1) is 0 Å². The normalized spacial score (nSPS) is 22.8. The zero-order valence-corrected chi connectivity index (χ0v) is 12.2. The largest absolute Gasteiger partial charge is 0.339 e. The van der Waals surface area contributed by atoms with Crippen molar-refractivity contribution >= 4 is 15.9 Å². The third kappa shape index (κ3) is 2.55. The van der Waals surface area contributed by atoms with Crippen LogP contribution >= 0.6 is 15.9 Å². The Morgan fingerprint density at radius 3 is 3.05 bits per heavy atom. The van der Waals surface area contributed by atoms with E-state index in [0.29, 0.717) is 17.8 Å². The highest BCUT2D eigenvalue weighted by molar-refractivity contribution is 9.10. The molecule has 19 heavy (non-hydrogen) atoms. The summed E-state index contributed by atoms with van der Waals surface area (Å²) in [7, 11) is 1.98. The third-order valence-electron chi connectivity index (χ3n) is 3.61. The number of halogens is 1. The van der Waals surface area contributed by atoms with Gasteiger partial charge in [0.1, 0.15) is 0 Å². The summed E-state index contributed by atoms with van der Waals surface area (Å²) in [5.41, 5.74) is 0.864. The SMILES string of the molecule is CNC1CCCC1c1nc(-c2cncc(Br)c2)no1. The number of likely N-dealkylation sites (N-methyl/N-ethyl adjacent to an activating group) is 1. The molecule has 0 bridgehead atoms. The number of nitrogens with one attached hydrogen (secondary N) is 1. The average Bonchev–Trinajstić information content (AvgIpc) is 3.07. The molecule has 1 N–H and O–H groups in total. The van der Waals surface area contributed by atoms with Gasteiger partial charge in [-0.3, -0.25) is 4.98 Å². The van der Waals surface area contributed by atoms with Gasteiger partial charge in [-0.1, -0.05) is 11.6 Å². The van der Waals surface area contributed by atoms with E-state index in [0.717, 1.165) is 28.8 Å². The summed E-state index contributed by atoms with van der Waals surface area (Å²) in [5, 5.41) is 7.39. The molecule has 1 fully saturated rings. The Balaban J connectivity index is 1.87. The van der Waals surface area contributed by atoms with E-state index in [2.05, 4.69) is 36.4 Å². The van der Waals surface area contributed by atoms with Crippen LogP contribution in [0.2, 0.25) is 0 Å². The molecule has 0 amide bonds. The fourth-order valence-corrected chi connectivity index (χ4v) is 3.00. The Bertz CT molecular complexity index is 571. The van der Waals surface area contributed by atoms with Gasteiger partial charge in [-0.2, -0.15) is 4.98 Å². The summed E-state index contributed by atoms with van der Waals surface area (Å²) >= 11 is 3.39. The highest BCUT2D eigenvalue weighted by Crippen LogP contribution is 2.34. The molecular weight excluding hydrogens is 308 g/mol. The van der Waals surface area contributed by atoms with Gasteiger partial charge in [-0.25, -0.2) is 0 Å². The molecule has 0 spiro atoms. The average molecular weight is 323 g/mol. The summed E-state index contributed by atoms with van der Waals surface area (Å²) in [6.45, 7) is 0. The van der Waals surface area contributed by atoms with E-state index in [1.54, 1.807) is 12.4 Å². The lowest BCUT2D eigenvalue weighted by Gasteiger charge is -2.14. The van der Waals surface area contributed by atoms with Gasteiger partial charge in [0.15, 0.2) is 0 Å². The van der Waals surface area contributed by atoms with E-state index in [9.17, 15) is 0 Å². The second-order valence-corrected chi connectivity index (χ2v) is 5.70. The smallest absolute Gasteiger partial charge is 0.231 e. The number of hydrogen-bond acceptors (Lipinski definition) is 5. The quantitative estimate of drug-likeness (QED) is 0.941. The molecule has 3 rings (SSSR count). The Hall–Kier alpha value is -1.27. The molecule has 2 atom stereocenters. The van der Waals surface area contributed by atoms with E-state index in [1.807, 2.05) is 13.1 Å². The first-order valence-corrected chi connectivity index (χ1v) is 7.19. The van der Waals surface area contributed by atoms with Crippen LogP contribution in [-0.2, 0) is 0 Å². The van der Waals surface area contributed by atoms with Crippen LogP contribution in [0.15, 0.2) is 27.5 Å². The Labute approximate surface area is 119 Å². The number of rotatable bonds is 3. The fourth-order valence-electron chi connectivity index (χ4n) is 2.64. The van der Waals surface area contributed by atoms with Crippen LogP contribution in [0.1, 0.15) is 31.1 Å². The molecule has 100 valence electrons. The van der Waals surface area contributed by atoms with Crippen molar-refractivity contribution in [2.75, 3.05) is 7.05 Å². The standard InChI is InChI=1S/C13H15BrN4O/c1-15-11-4-2-3-10(11)13-17-12(18-19-13)8-5-9(14)7-16-6-8/h5-7,10-11,15H,2-4H2,1H3. The maximum absolute atomic E-state index is 5.43. The lowest BCUT2D eigenvalue weighted by Crippen LogP contribution is -2.27. The molecular formula is C13H15BrN4O. The summed E-state index contributed by atoms with van der Waals surface area (Å²) in [5.74, 6) is 1.66. The monoisotopic (exact) mass is 322 g/mol. The maximum atomic E-state index is 5.43. The Morgan fingerprint density at radius 1 is 1.37 bits per heavy atom. The van der Waals surface area contributed by atoms with Gasteiger partial charge >= 0.3 is 0 Å². The minimum absolute atomic E-state index is 0.325. The van der Waals surface area contributed by atoms with Crippen molar-refractivity contribution < 1.29 is 4.52 Å². The second kappa shape index (κ2) is 5.38. The minimum atomic E-state index is 0.325. The first-order valence-electron chi connectivity index (χ1n) is 6.39. The third-order valence-corrected chi connectivity index (χ3v) is 4.04. The predicted molar refractivity (Wildman–Crippen MR) is 74.7 cm³/mol. The van der Waals surface area contributed by atoms with Crippen molar-refractivity contribution in [1.82, 2.24) is 20.4 Å². The van der Waals surface area contributed by atoms with Gasteiger partial charge in [0.05, 0.1) is 5.92 Å². The molecule has 2 heterocycles. The first kappa shape index (κ1) is 12.7. The van der Waals surface area contributed by atoms with Crippen molar-refractivity contribution in [3.05, 3.63) is 28.8 Å². The van der Waals surface area contributed by atoms with E-state index >= 15 is 0 Å². The summed E-state index contributed by atoms with van der Waals surface area (Å²) in [6.07, 6.45) is 6.94. The lowest BCUT2D eigenvalue weighted by molar-refractivity contribution is 0.335. The van der Waals surface area contributed by atoms with Gasteiger partial charge in [0, 0.05) is 28.5 Å². The number of pyridine rings is 1. The van der Waals surface area contributed by atoms with Gasteiger partial charge < -0.3 is 9.84 Å². The molecule has 0 aromatic carbocycles. The first-order chi connectivity index (χ1) is 9.28. The fraction of sp³-hybridized carbons (Fsp3) is 0.462. The molecule has 1 aliphatic carbocycles. The molecule has 1 saturated carbocycles. The van der Waals surface area contributed by atoms with Crippen LogP contribution < -0.4 is 5.32 Å². The van der Waals surface area contributed by atoms with Crippen molar-refractivity contribution in [2.45, 2.75) is 31.2 Å².